The zero-order valence-corrected chi connectivity index (χ0v) is 16.6. The van der Waals surface area contributed by atoms with Crippen LogP contribution < -0.4 is 0 Å². The molecule has 0 aliphatic carbocycles. The minimum Gasteiger partial charge on any atom is -0.0533 e. The van der Waals surface area contributed by atoms with Crippen LogP contribution in [0, 0.1) is 7.14 Å². The molecule has 0 N–H and O–H groups in total. The Morgan fingerprint density at radius 3 is 1.44 bits per heavy atom. The van der Waals surface area contributed by atoms with Gasteiger partial charge in [0.15, 0.2) is 0 Å². The molecule has 0 aliphatic rings. The van der Waals surface area contributed by atoms with Crippen LogP contribution in [0.5, 0.6) is 0 Å². The molecule has 92 valence electrons. The molecule has 0 saturated carbocycles. The average molecular weight is 590 g/mol. The zero-order chi connectivity index (χ0) is 13.1. The van der Waals surface area contributed by atoms with Gasteiger partial charge in [-0.25, -0.2) is 0 Å². The molecule has 0 aromatic heterocycles. The first kappa shape index (κ1) is 15.0. The van der Waals surface area contributed by atoms with E-state index in [1.807, 2.05) is 0 Å². The molecule has 0 bridgehead atoms. The number of benzene rings is 2. The van der Waals surface area contributed by atoms with Crippen LogP contribution >= 0.6 is 77.0 Å². The highest BCUT2D eigenvalue weighted by Crippen LogP contribution is 2.23. The summed E-state index contributed by atoms with van der Waals surface area (Å²) in [5.41, 5.74) is 2.47. The summed E-state index contributed by atoms with van der Waals surface area (Å²) >= 11 is 11.7. The summed E-state index contributed by atoms with van der Waals surface area (Å²) < 4.78 is 4.71. The number of rotatable bonds is 2. The molecule has 0 atom stereocenters. The largest absolute Gasteiger partial charge is 0.0533 e. The first-order valence-electron chi connectivity index (χ1n) is 5.14. The molecule has 0 saturated heterocycles. The highest BCUT2D eigenvalue weighted by Gasteiger charge is 1.99. The fourth-order valence-corrected chi connectivity index (χ4v) is 4.42. The number of halogens is 4. The van der Waals surface area contributed by atoms with Crippen molar-refractivity contribution < 1.29 is 0 Å². The monoisotopic (exact) mass is 588 g/mol. The van der Waals surface area contributed by atoms with Crippen molar-refractivity contribution in [2.45, 2.75) is 0 Å². The van der Waals surface area contributed by atoms with Crippen molar-refractivity contribution in [1.82, 2.24) is 0 Å². The summed E-state index contributed by atoms with van der Waals surface area (Å²) in [6.07, 6.45) is 4.30. The van der Waals surface area contributed by atoms with E-state index in [0.29, 0.717) is 0 Å². The highest BCUT2D eigenvalue weighted by atomic mass is 127. The van der Waals surface area contributed by atoms with Crippen molar-refractivity contribution in [3.63, 3.8) is 0 Å². The second-order valence-corrected chi connectivity index (χ2v) is 7.82. The fourth-order valence-electron chi connectivity index (χ4n) is 1.45. The molecular weight excluding hydrogens is 582 g/mol. The lowest BCUT2D eigenvalue weighted by molar-refractivity contribution is 1.54. The molecule has 18 heavy (non-hydrogen) atoms. The van der Waals surface area contributed by atoms with E-state index in [2.05, 4.69) is 126 Å². The molecule has 0 radical (unpaired) electrons. The van der Waals surface area contributed by atoms with Crippen LogP contribution in [0.15, 0.2) is 45.3 Å². The second-order valence-electron chi connectivity index (χ2n) is 3.67. The van der Waals surface area contributed by atoms with Crippen molar-refractivity contribution in [3.8, 4) is 0 Å². The molecule has 4 heteroatoms. The van der Waals surface area contributed by atoms with E-state index in [4.69, 9.17) is 0 Å². The van der Waals surface area contributed by atoms with Gasteiger partial charge in [0.1, 0.15) is 0 Å². The van der Waals surface area contributed by atoms with E-state index in [0.717, 1.165) is 8.95 Å². The van der Waals surface area contributed by atoms with Gasteiger partial charge in [-0.1, -0.05) is 56.1 Å². The summed E-state index contributed by atoms with van der Waals surface area (Å²) in [5.74, 6) is 0. The standard InChI is InChI=1S/C14H8Br2I2/c15-11-5-3-9(13(17)7-11)1-2-10-4-6-12(16)8-14(10)18/h1-8H/b2-1-. The fraction of sp³-hybridized carbons (Fsp3) is 0. The van der Waals surface area contributed by atoms with E-state index < -0.39 is 0 Å². The molecule has 0 amide bonds. The molecule has 0 heterocycles. The summed E-state index contributed by atoms with van der Waals surface area (Å²) in [7, 11) is 0. The lowest BCUT2D eigenvalue weighted by Crippen LogP contribution is -1.82. The molecular formula is C14H8Br2I2. The van der Waals surface area contributed by atoms with Crippen LogP contribution in [0.25, 0.3) is 12.2 Å². The van der Waals surface area contributed by atoms with Gasteiger partial charge in [0.05, 0.1) is 0 Å². The number of hydrogen-bond donors (Lipinski definition) is 0. The van der Waals surface area contributed by atoms with E-state index in [1.165, 1.54) is 18.3 Å². The van der Waals surface area contributed by atoms with Gasteiger partial charge in [-0.2, -0.15) is 0 Å². The number of hydrogen-bond acceptors (Lipinski definition) is 0. The van der Waals surface area contributed by atoms with E-state index in [9.17, 15) is 0 Å². The highest BCUT2D eigenvalue weighted by molar-refractivity contribution is 14.1. The van der Waals surface area contributed by atoms with Crippen LogP contribution in [0.1, 0.15) is 11.1 Å². The van der Waals surface area contributed by atoms with E-state index >= 15 is 0 Å². The molecule has 0 fully saturated rings. The Labute approximate surface area is 151 Å². The Morgan fingerprint density at radius 2 is 1.11 bits per heavy atom. The average Bonchev–Trinajstić information content (AvgIpc) is 2.30. The molecule has 0 unspecified atom stereocenters. The van der Waals surface area contributed by atoms with Gasteiger partial charge >= 0.3 is 0 Å². The molecule has 0 aliphatic heterocycles. The van der Waals surface area contributed by atoms with Gasteiger partial charge < -0.3 is 0 Å². The predicted octanol–water partition coefficient (Wildman–Crippen LogP) is 6.59. The summed E-state index contributed by atoms with van der Waals surface area (Å²) in [4.78, 5) is 0. The van der Waals surface area contributed by atoms with Crippen molar-refractivity contribution in [2.24, 2.45) is 0 Å². The maximum absolute atomic E-state index is 3.48. The van der Waals surface area contributed by atoms with Crippen molar-refractivity contribution in [3.05, 3.63) is 63.6 Å². The summed E-state index contributed by atoms with van der Waals surface area (Å²) in [6, 6.07) is 12.6. The lowest BCUT2D eigenvalue weighted by Gasteiger charge is -2.01. The Balaban J connectivity index is 2.30. The maximum atomic E-state index is 3.48. The summed E-state index contributed by atoms with van der Waals surface area (Å²) in [6.45, 7) is 0. The Bertz CT molecular complexity index is 553. The SMILES string of the molecule is Brc1ccc(/C=C\c2ccc(Br)cc2I)c(I)c1. The third-order valence-electron chi connectivity index (χ3n) is 2.37. The van der Waals surface area contributed by atoms with Crippen molar-refractivity contribution >= 4 is 89.2 Å². The smallest absolute Gasteiger partial charge is 0.0213 e. The normalized spacial score (nSPS) is 11.1. The lowest BCUT2D eigenvalue weighted by atomic mass is 10.1. The third kappa shape index (κ3) is 4.05. The van der Waals surface area contributed by atoms with Crippen LogP contribution in [-0.2, 0) is 0 Å². The summed E-state index contributed by atoms with van der Waals surface area (Å²) in [5, 5.41) is 0. The van der Waals surface area contributed by atoms with Crippen LogP contribution in [0.3, 0.4) is 0 Å². The quantitative estimate of drug-likeness (QED) is 0.274. The van der Waals surface area contributed by atoms with Gasteiger partial charge in [0.25, 0.3) is 0 Å². The van der Waals surface area contributed by atoms with Crippen LogP contribution in [0.4, 0.5) is 0 Å². The minimum atomic E-state index is 1.11. The predicted molar refractivity (Wildman–Crippen MR) is 103 cm³/mol. The van der Waals surface area contributed by atoms with Gasteiger partial charge in [-0.3, -0.25) is 0 Å². The van der Waals surface area contributed by atoms with Gasteiger partial charge in [-0.05, 0) is 80.6 Å². The maximum Gasteiger partial charge on any atom is 0.0213 e. The van der Waals surface area contributed by atoms with E-state index in [1.54, 1.807) is 0 Å². The second kappa shape index (κ2) is 6.85. The Hall–Kier alpha value is 0.600. The van der Waals surface area contributed by atoms with Crippen LogP contribution in [-0.4, -0.2) is 0 Å². The molecule has 0 nitrogen and oxygen atoms in total. The van der Waals surface area contributed by atoms with Crippen LogP contribution in [0.2, 0.25) is 0 Å². The first-order valence-corrected chi connectivity index (χ1v) is 8.89. The molecule has 2 aromatic rings. The third-order valence-corrected chi connectivity index (χ3v) is 5.22. The molecule has 2 aromatic carbocycles. The zero-order valence-electron chi connectivity index (χ0n) is 9.13. The Morgan fingerprint density at radius 1 is 0.722 bits per heavy atom. The van der Waals surface area contributed by atoms with Gasteiger partial charge in [0.2, 0.25) is 0 Å². The van der Waals surface area contributed by atoms with Gasteiger partial charge in [-0.15, -0.1) is 0 Å². The molecule has 2 rings (SSSR count). The topological polar surface area (TPSA) is 0 Å². The Kier molecular flexibility index (Phi) is 5.71. The van der Waals surface area contributed by atoms with E-state index in [-0.39, 0.29) is 0 Å². The van der Waals surface area contributed by atoms with Crippen molar-refractivity contribution in [2.75, 3.05) is 0 Å². The van der Waals surface area contributed by atoms with Crippen molar-refractivity contribution in [1.29, 1.82) is 0 Å². The molecule has 0 spiro atoms. The minimum absolute atomic E-state index is 1.11. The first-order chi connectivity index (χ1) is 8.56. The van der Waals surface area contributed by atoms with Gasteiger partial charge in [0, 0.05) is 16.1 Å².